The Hall–Kier alpha value is -1.19. The summed E-state index contributed by atoms with van der Waals surface area (Å²) in [6, 6.07) is 5.34. The highest BCUT2D eigenvalue weighted by Gasteiger charge is 2.29. The van der Waals surface area contributed by atoms with E-state index in [4.69, 9.17) is 0 Å². The molecule has 0 N–H and O–H groups in total. The molecule has 1 rings (SSSR count). The van der Waals surface area contributed by atoms with E-state index in [0.717, 1.165) is 37.2 Å². The highest BCUT2D eigenvalue weighted by Crippen LogP contribution is 2.30. The molecule has 0 aliphatic heterocycles. The third-order valence-electron chi connectivity index (χ3n) is 3.16. The number of anilines is 1. The second-order valence-corrected chi connectivity index (χ2v) is 5.36. The molecule has 108 valence electrons. The fraction of sp³-hybridized carbons (Fsp3) is 0.600. The van der Waals surface area contributed by atoms with Gasteiger partial charge in [-0.3, -0.25) is 0 Å². The Labute approximate surface area is 113 Å². The quantitative estimate of drug-likeness (QED) is 0.661. The molecule has 0 fully saturated rings. The Morgan fingerprint density at radius 2 is 1.63 bits per heavy atom. The lowest BCUT2D eigenvalue weighted by Crippen LogP contribution is -2.18. The van der Waals surface area contributed by atoms with Crippen LogP contribution in [0, 0.1) is 5.92 Å². The van der Waals surface area contributed by atoms with E-state index < -0.39 is 11.7 Å². The van der Waals surface area contributed by atoms with Crippen molar-refractivity contribution in [3.63, 3.8) is 0 Å². The SMILES string of the molecule is CC(C)CCCCN(C)c1ccc(C(F)(F)F)cc1. The van der Waals surface area contributed by atoms with Crippen LogP contribution in [0.1, 0.15) is 38.7 Å². The molecule has 1 nitrogen and oxygen atoms in total. The van der Waals surface area contributed by atoms with Gasteiger partial charge in [0.05, 0.1) is 5.56 Å². The van der Waals surface area contributed by atoms with Gasteiger partial charge in [-0.1, -0.05) is 26.7 Å². The maximum atomic E-state index is 12.4. The Morgan fingerprint density at radius 3 is 2.11 bits per heavy atom. The van der Waals surface area contributed by atoms with Crippen molar-refractivity contribution in [2.45, 2.75) is 39.3 Å². The van der Waals surface area contributed by atoms with E-state index in [-0.39, 0.29) is 0 Å². The van der Waals surface area contributed by atoms with Crippen LogP contribution >= 0.6 is 0 Å². The lowest BCUT2D eigenvalue weighted by atomic mass is 10.1. The first-order valence-corrected chi connectivity index (χ1v) is 6.69. The minimum absolute atomic E-state index is 0.593. The molecule has 0 bridgehead atoms. The fourth-order valence-corrected chi connectivity index (χ4v) is 1.94. The Kier molecular flexibility index (Phi) is 5.70. The van der Waals surface area contributed by atoms with Crippen LogP contribution in [0.15, 0.2) is 24.3 Å². The van der Waals surface area contributed by atoms with Crippen LogP contribution in [0.5, 0.6) is 0 Å². The van der Waals surface area contributed by atoms with Gasteiger partial charge in [0.2, 0.25) is 0 Å². The number of rotatable bonds is 6. The van der Waals surface area contributed by atoms with Crippen molar-refractivity contribution in [3.05, 3.63) is 29.8 Å². The number of benzene rings is 1. The monoisotopic (exact) mass is 273 g/mol. The van der Waals surface area contributed by atoms with Crippen LogP contribution < -0.4 is 4.90 Å². The van der Waals surface area contributed by atoms with Gasteiger partial charge in [0.1, 0.15) is 0 Å². The summed E-state index contributed by atoms with van der Waals surface area (Å²) < 4.78 is 37.3. The van der Waals surface area contributed by atoms with Crippen LogP contribution in [-0.2, 0) is 6.18 Å². The average Bonchev–Trinajstić information content (AvgIpc) is 2.33. The van der Waals surface area contributed by atoms with E-state index in [1.54, 1.807) is 0 Å². The number of unbranched alkanes of at least 4 members (excludes halogenated alkanes) is 1. The molecule has 0 amide bonds. The van der Waals surface area contributed by atoms with E-state index in [9.17, 15) is 13.2 Å². The van der Waals surface area contributed by atoms with Gasteiger partial charge in [0.25, 0.3) is 0 Å². The van der Waals surface area contributed by atoms with Crippen LogP contribution in [0.2, 0.25) is 0 Å². The maximum Gasteiger partial charge on any atom is 0.416 e. The number of alkyl halides is 3. The third-order valence-corrected chi connectivity index (χ3v) is 3.16. The molecule has 0 unspecified atom stereocenters. The maximum absolute atomic E-state index is 12.4. The predicted octanol–water partition coefficient (Wildman–Crippen LogP) is 4.97. The van der Waals surface area contributed by atoms with Crippen molar-refractivity contribution in [1.29, 1.82) is 0 Å². The third kappa shape index (κ3) is 5.53. The van der Waals surface area contributed by atoms with Gasteiger partial charge in [0.15, 0.2) is 0 Å². The van der Waals surface area contributed by atoms with Crippen LogP contribution in [0.25, 0.3) is 0 Å². The molecule has 0 saturated heterocycles. The van der Waals surface area contributed by atoms with E-state index in [2.05, 4.69) is 13.8 Å². The Bertz CT molecular complexity index is 368. The number of hydrogen-bond donors (Lipinski definition) is 0. The summed E-state index contributed by atoms with van der Waals surface area (Å²) in [5.41, 5.74) is 0.238. The fourth-order valence-electron chi connectivity index (χ4n) is 1.94. The van der Waals surface area contributed by atoms with Crippen molar-refractivity contribution in [2.75, 3.05) is 18.5 Å². The zero-order valence-corrected chi connectivity index (χ0v) is 11.8. The van der Waals surface area contributed by atoms with Crippen molar-refractivity contribution in [3.8, 4) is 0 Å². The van der Waals surface area contributed by atoms with Gasteiger partial charge in [-0.2, -0.15) is 13.2 Å². The van der Waals surface area contributed by atoms with Gasteiger partial charge in [-0.25, -0.2) is 0 Å². The summed E-state index contributed by atoms with van der Waals surface area (Å²) in [5, 5.41) is 0. The van der Waals surface area contributed by atoms with Crippen molar-refractivity contribution >= 4 is 5.69 Å². The van der Waals surface area contributed by atoms with Gasteiger partial charge < -0.3 is 4.90 Å². The summed E-state index contributed by atoms with van der Waals surface area (Å²) in [6.45, 7) is 5.26. The zero-order valence-electron chi connectivity index (χ0n) is 11.8. The molecule has 0 saturated carbocycles. The summed E-state index contributed by atoms with van der Waals surface area (Å²) in [6.07, 6.45) is -0.840. The normalized spacial score (nSPS) is 11.9. The topological polar surface area (TPSA) is 3.24 Å². The van der Waals surface area contributed by atoms with Crippen molar-refractivity contribution in [2.24, 2.45) is 5.92 Å². The van der Waals surface area contributed by atoms with E-state index >= 15 is 0 Å². The predicted molar refractivity (Wildman–Crippen MR) is 73.4 cm³/mol. The lowest BCUT2D eigenvalue weighted by Gasteiger charge is -2.20. The summed E-state index contributed by atoms with van der Waals surface area (Å²) in [4.78, 5) is 2.00. The molecular weight excluding hydrogens is 251 g/mol. The largest absolute Gasteiger partial charge is 0.416 e. The van der Waals surface area contributed by atoms with Crippen LogP contribution in [0.3, 0.4) is 0 Å². The minimum atomic E-state index is -4.26. The lowest BCUT2D eigenvalue weighted by molar-refractivity contribution is -0.137. The van der Waals surface area contributed by atoms with Crippen molar-refractivity contribution in [1.82, 2.24) is 0 Å². The molecule has 0 radical (unpaired) electrons. The molecule has 1 aromatic carbocycles. The molecule has 19 heavy (non-hydrogen) atoms. The van der Waals surface area contributed by atoms with Gasteiger partial charge in [-0.15, -0.1) is 0 Å². The first kappa shape index (κ1) is 15.9. The Balaban J connectivity index is 2.47. The average molecular weight is 273 g/mol. The van der Waals surface area contributed by atoms with Gasteiger partial charge >= 0.3 is 6.18 Å². The molecule has 0 heterocycles. The standard InChI is InChI=1S/C15H22F3N/c1-12(2)6-4-5-11-19(3)14-9-7-13(8-10-14)15(16,17)18/h7-10,12H,4-6,11H2,1-3H3. The number of hydrogen-bond acceptors (Lipinski definition) is 1. The van der Waals surface area contributed by atoms with E-state index in [0.29, 0.717) is 5.92 Å². The van der Waals surface area contributed by atoms with Gasteiger partial charge in [-0.05, 0) is 36.6 Å². The second-order valence-electron chi connectivity index (χ2n) is 5.36. The van der Waals surface area contributed by atoms with Gasteiger partial charge in [0, 0.05) is 19.3 Å². The molecule has 0 atom stereocenters. The highest BCUT2D eigenvalue weighted by molar-refractivity contribution is 5.47. The molecule has 4 heteroatoms. The summed E-state index contributed by atoms with van der Waals surface area (Å²) in [7, 11) is 1.91. The molecule has 0 aliphatic carbocycles. The molecule has 1 aromatic rings. The van der Waals surface area contributed by atoms with Crippen molar-refractivity contribution < 1.29 is 13.2 Å². The summed E-state index contributed by atoms with van der Waals surface area (Å²) >= 11 is 0. The number of nitrogens with zero attached hydrogens (tertiary/aromatic N) is 1. The first-order chi connectivity index (χ1) is 8.80. The molecule has 0 aromatic heterocycles. The molecule has 0 spiro atoms. The number of halogens is 3. The zero-order chi connectivity index (χ0) is 14.5. The van der Waals surface area contributed by atoms with E-state index in [1.807, 2.05) is 11.9 Å². The van der Waals surface area contributed by atoms with E-state index in [1.165, 1.54) is 18.6 Å². The molecule has 0 aliphatic rings. The minimum Gasteiger partial charge on any atom is -0.375 e. The Morgan fingerprint density at radius 1 is 1.05 bits per heavy atom. The highest BCUT2D eigenvalue weighted by atomic mass is 19.4. The summed E-state index contributed by atoms with van der Waals surface area (Å²) in [5.74, 6) is 0.705. The van der Waals surface area contributed by atoms with Crippen LogP contribution in [0.4, 0.5) is 18.9 Å². The molecular formula is C15H22F3N. The second kappa shape index (κ2) is 6.83. The first-order valence-electron chi connectivity index (χ1n) is 6.69. The van der Waals surface area contributed by atoms with Crippen LogP contribution in [-0.4, -0.2) is 13.6 Å². The smallest absolute Gasteiger partial charge is 0.375 e.